The third-order valence-electron chi connectivity index (χ3n) is 2.59. The summed E-state index contributed by atoms with van der Waals surface area (Å²) in [4.78, 5) is 12.1. The molecule has 0 saturated carbocycles. The molecule has 20 heavy (non-hydrogen) atoms. The summed E-state index contributed by atoms with van der Waals surface area (Å²) in [6.07, 6.45) is 0. The Morgan fingerprint density at radius 3 is 2.50 bits per heavy atom. The number of hydrogen-bond acceptors (Lipinski definition) is 3. The number of nitrogens with two attached hydrogens (primary N) is 1. The normalized spacial score (nSPS) is 10.2. The van der Waals surface area contributed by atoms with Crippen molar-refractivity contribution in [1.29, 1.82) is 0 Å². The maximum absolute atomic E-state index is 13.6. The fourth-order valence-electron chi connectivity index (χ4n) is 1.61. The van der Waals surface area contributed by atoms with E-state index in [9.17, 15) is 13.6 Å². The van der Waals surface area contributed by atoms with Gasteiger partial charge in [-0.2, -0.15) is 0 Å². The minimum absolute atomic E-state index is 0.0550. The second-order valence-electron chi connectivity index (χ2n) is 3.89. The maximum atomic E-state index is 13.6. The van der Waals surface area contributed by atoms with Crippen LogP contribution in [-0.4, -0.2) is 5.91 Å². The van der Waals surface area contributed by atoms with Gasteiger partial charge >= 0.3 is 0 Å². The van der Waals surface area contributed by atoms with Crippen molar-refractivity contribution in [3.63, 3.8) is 0 Å². The first-order valence-corrected chi connectivity index (χ1v) is 6.33. The van der Waals surface area contributed by atoms with Gasteiger partial charge in [0.2, 0.25) is 0 Å². The molecular weight excluding hydrogens is 332 g/mol. The van der Waals surface area contributed by atoms with E-state index in [1.54, 1.807) is 18.2 Å². The molecule has 0 bridgehead atoms. The topological polar surface area (TPSA) is 67.1 Å². The van der Waals surface area contributed by atoms with Crippen LogP contribution in [0.25, 0.3) is 0 Å². The number of carbonyl (C=O) groups is 1. The van der Waals surface area contributed by atoms with E-state index >= 15 is 0 Å². The predicted octanol–water partition coefficient (Wildman–Crippen LogP) is 3.27. The molecule has 0 saturated heterocycles. The zero-order chi connectivity index (χ0) is 14.7. The van der Waals surface area contributed by atoms with Gasteiger partial charge in [-0.25, -0.2) is 8.78 Å². The number of nitrogens with one attached hydrogen (secondary N) is 2. The number of hydrogen-bond donors (Lipinski definition) is 3. The van der Waals surface area contributed by atoms with Crippen LogP contribution < -0.4 is 16.6 Å². The molecule has 0 aromatic heterocycles. The molecule has 0 unspecified atom stereocenters. The summed E-state index contributed by atoms with van der Waals surface area (Å²) >= 11 is 2.93. The molecule has 4 N–H and O–H groups in total. The summed E-state index contributed by atoms with van der Waals surface area (Å²) in [7, 11) is 0. The predicted molar refractivity (Wildman–Crippen MR) is 76.3 cm³/mol. The van der Waals surface area contributed by atoms with Crippen LogP contribution >= 0.6 is 15.9 Å². The van der Waals surface area contributed by atoms with Crippen molar-refractivity contribution in [3.8, 4) is 0 Å². The molecule has 4 nitrogen and oxygen atoms in total. The van der Waals surface area contributed by atoms with Crippen LogP contribution in [0.2, 0.25) is 0 Å². The smallest absolute Gasteiger partial charge is 0.257 e. The molecule has 1 amide bonds. The molecule has 0 radical (unpaired) electrons. The van der Waals surface area contributed by atoms with Gasteiger partial charge in [0.15, 0.2) is 0 Å². The average molecular weight is 342 g/mol. The molecule has 2 aromatic rings. The van der Waals surface area contributed by atoms with Crippen molar-refractivity contribution < 1.29 is 13.6 Å². The lowest BCUT2D eigenvalue weighted by Crippen LogP contribution is -2.17. The first kappa shape index (κ1) is 14.4. The van der Waals surface area contributed by atoms with Crippen molar-refractivity contribution in [2.24, 2.45) is 5.84 Å². The lowest BCUT2D eigenvalue weighted by Gasteiger charge is -2.10. The SMILES string of the molecule is NNc1ccccc1C(=O)Nc1cc(Br)c(F)cc1F. The minimum Gasteiger partial charge on any atom is -0.323 e. The number of amides is 1. The van der Waals surface area contributed by atoms with Crippen LogP contribution in [0.15, 0.2) is 40.9 Å². The van der Waals surface area contributed by atoms with Gasteiger partial charge in [-0.1, -0.05) is 12.1 Å². The van der Waals surface area contributed by atoms with E-state index in [-0.39, 0.29) is 15.7 Å². The van der Waals surface area contributed by atoms with E-state index in [4.69, 9.17) is 5.84 Å². The Morgan fingerprint density at radius 2 is 1.80 bits per heavy atom. The van der Waals surface area contributed by atoms with Crippen molar-refractivity contribution in [2.45, 2.75) is 0 Å². The fraction of sp³-hybridized carbons (Fsp3) is 0. The molecule has 7 heteroatoms. The van der Waals surface area contributed by atoms with Crippen molar-refractivity contribution in [3.05, 3.63) is 58.1 Å². The molecule has 2 aromatic carbocycles. The number of para-hydroxylation sites is 1. The van der Waals surface area contributed by atoms with E-state index in [0.717, 1.165) is 6.07 Å². The zero-order valence-electron chi connectivity index (χ0n) is 10.1. The molecule has 0 aliphatic rings. The third-order valence-corrected chi connectivity index (χ3v) is 3.19. The summed E-state index contributed by atoms with van der Waals surface area (Å²) in [5, 5.41) is 2.36. The Hall–Kier alpha value is -1.99. The lowest BCUT2D eigenvalue weighted by atomic mass is 10.1. The summed E-state index contributed by atoms with van der Waals surface area (Å²) < 4.78 is 26.7. The Labute approximate surface area is 122 Å². The van der Waals surface area contributed by atoms with Gasteiger partial charge in [-0.3, -0.25) is 10.6 Å². The van der Waals surface area contributed by atoms with Gasteiger partial charge in [-0.15, -0.1) is 0 Å². The van der Waals surface area contributed by atoms with Crippen LogP contribution in [0.5, 0.6) is 0 Å². The van der Waals surface area contributed by atoms with Crippen LogP contribution in [0.3, 0.4) is 0 Å². The number of carbonyl (C=O) groups excluding carboxylic acids is 1. The van der Waals surface area contributed by atoms with Gasteiger partial charge in [-0.05, 0) is 34.1 Å². The Bertz CT molecular complexity index is 664. The quantitative estimate of drug-likeness (QED) is 0.456. The van der Waals surface area contributed by atoms with Gasteiger partial charge in [0.1, 0.15) is 11.6 Å². The van der Waals surface area contributed by atoms with Crippen LogP contribution in [0.4, 0.5) is 20.2 Å². The van der Waals surface area contributed by atoms with Gasteiger partial charge in [0, 0.05) is 6.07 Å². The molecule has 0 atom stereocenters. The maximum Gasteiger partial charge on any atom is 0.257 e. The largest absolute Gasteiger partial charge is 0.323 e. The fourth-order valence-corrected chi connectivity index (χ4v) is 1.96. The molecular formula is C13H10BrF2N3O. The van der Waals surface area contributed by atoms with Gasteiger partial charge in [0.25, 0.3) is 5.91 Å². The van der Waals surface area contributed by atoms with Crippen LogP contribution in [-0.2, 0) is 0 Å². The van der Waals surface area contributed by atoms with E-state index in [1.165, 1.54) is 6.07 Å². The monoisotopic (exact) mass is 341 g/mol. The second-order valence-corrected chi connectivity index (χ2v) is 4.74. The number of nitrogen functional groups attached to an aromatic ring is 1. The highest BCUT2D eigenvalue weighted by Crippen LogP contribution is 2.25. The number of benzene rings is 2. The first-order valence-electron chi connectivity index (χ1n) is 5.54. The van der Waals surface area contributed by atoms with Gasteiger partial charge in [0.05, 0.1) is 21.4 Å². The zero-order valence-corrected chi connectivity index (χ0v) is 11.7. The van der Waals surface area contributed by atoms with Gasteiger partial charge < -0.3 is 10.7 Å². The highest BCUT2D eigenvalue weighted by molar-refractivity contribution is 9.10. The number of halogens is 3. The first-order chi connectivity index (χ1) is 9.52. The van der Waals surface area contributed by atoms with Crippen LogP contribution in [0, 0.1) is 11.6 Å². The summed E-state index contributed by atoms with van der Waals surface area (Å²) in [6, 6.07) is 8.31. The highest BCUT2D eigenvalue weighted by Gasteiger charge is 2.14. The molecule has 0 fully saturated rings. The second kappa shape index (κ2) is 5.98. The molecule has 104 valence electrons. The van der Waals surface area contributed by atoms with Crippen molar-refractivity contribution >= 4 is 33.2 Å². The summed E-state index contributed by atoms with van der Waals surface area (Å²) in [5.74, 6) is 3.13. The molecule has 2 rings (SSSR count). The number of anilines is 2. The summed E-state index contributed by atoms with van der Waals surface area (Å²) in [5.41, 5.74) is 2.88. The Morgan fingerprint density at radius 1 is 1.10 bits per heavy atom. The Balaban J connectivity index is 2.30. The Kier molecular flexibility index (Phi) is 4.31. The molecule has 0 heterocycles. The van der Waals surface area contributed by atoms with Crippen molar-refractivity contribution in [1.82, 2.24) is 0 Å². The standard InChI is InChI=1S/C13H10BrF2N3O/c14-8-5-12(10(16)6-9(8)15)18-13(20)7-3-1-2-4-11(7)19-17/h1-6,19H,17H2,(H,18,20). The minimum atomic E-state index is -0.864. The third kappa shape index (κ3) is 2.94. The lowest BCUT2D eigenvalue weighted by molar-refractivity contribution is 0.102. The van der Waals surface area contributed by atoms with E-state index < -0.39 is 17.5 Å². The molecule has 0 aliphatic carbocycles. The molecule has 0 spiro atoms. The van der Waals surface area contributed by atoms with Crippen molar-refractivity contribution in [2.75, 3.05) is 10.7 Å². The van der Waals surface area contributed by atoms with Crippen LogP contribution in [0.1, 0.15) is 10.4 Å². The average Bonchev–Trinajstić information content (AvgIpc) is 2.44. The molecule has 0 aliphatic heterocycles. The van der Waals surface area contributed by atoms with E-state index in [0.29, 0.717) is 11.8 Å². The highest BCUT2D eigenvalue weighted by atomic mass is 79.9. The van der Waals surface area contributed by atoms with E-state index in [2.05, 4.69) is 26.7 Å². The summed E-state index contributed by atoms with van der Waals surface area (Å²) in [6.45, 7) is 0. The van der Waals surface area contributed by atoms with E-state index in [1.807, 2.05) is 0 Å². The number of hydrazine groups is 1. The number of rotatable bonds is 3.